The van der Waals surface area contributed by atoms with Crippen molar-refractivity contribution in [2.45, 2.75) is 328 Å². The molecule has 17 heteroatoms. The monoisotopic (exact) mass is 1230 g/mol. The fraction of sp³-hybridized carbons (Fsp3) is 0.942. The van der Waals surface area contributed by atoms with Crippen LogP contribution in [0, 0.1) is 0 Å². The molecule has 0 rings (SSSR count). The molecular weight excluding hydrogens is 1090 g/mol. The van der Waals surface area contributed by atoms with Gasteiger partial charge in [0.1, 0.15) is 24.4 Å². The number of aliphatic hydroxyl groups is 6. The molecule has 0 fully saturated rings. The van der Waals surface area contributed by atoms with Crippen molar-refractivity contribution in [3.8, 4) is 0 Å². The van der Waals surface area contributed by atoms with E-state index >= 15 is 0 Å². The van der Waals surface area contributed by atoms with E-state index in [2.05, 4.69) is 49.0 Å². The van der Waals surface area contributed by atoms with E-state index in [1.807, 2.05) is 4.90 Å². The van der Waals surface area contributed by atoms with Gasteiger partial charge in [-0.3, -0.25) is 29.0 Å². The minimum atomic E-state index is -1.40. The van der Waals surface area contributed by atoms with E-state index in [1.165, 1.54) is 180 Å². The van der Waals surface area contributed by atoms with Gasteiger partial charge in [-0.05, 0) is 64.7 Å². The summed E-state index contributed by atoms with van der Waals surface area (Å²) in [5, 5.41) is 76.7. The highest BCUT2D eigenvalue weighted by molar-refractivity contribution is 5.82. The number of hydrogen-bond acceptors (Lipinski definition) is 13. The standard InChI is InChI=1S/C69H139N7O10/c1-5-9-13-17-21-25-29-33-37-41-47-70-66(83)62(79)56-75(57-63(80)67(84)71-48-42-38-34-30-26-22-18-14-10-6-2)53-45-51-74(55-61(78)60-77)52-46-54-76(58-64(81)68(85)72-49-43-39-35-31-27-23-19-15-11-7-3)59-65(82)69(86)73-50-44-40-36-32-28-24-20-16-12-8-4/h61-65,77-82H,5-60H2,1-4H3,(H,70,83)(H,71,84)(H,72,85)(H,73,86). The number of aliphatic hydroxyl groups excluding tert-OH is 6. The van der Waals surface area contributed by atoms with Crippen LogP contribution in [0.25, 0.3) is 0 Å². The molecule has 510 valence electrons. The highest BCUT2D eigenvalue weighted by atomic mass is 16.3. The van der Waals surface area contributed by atoms with Gasteiger partial charge in [-0.1, -0.05) is 259 Å². The van der Waals surface area contributed by atoms with E-state index in [9.17, 15) is 49.8 Å². The summed E-state index contributed by atoms with van der Waals surface area (Å²) in [6.07, 6.45) is 41.1. The van der Waals surface area contributed by atoms with Gasteiger partial charge in [-0.2, -0.15) is 0 Å². The maximum Gasteiger partial charge on any atom is 0.250 e. The molecule has 0 aliphatic carbocycles. The maximum atomic E-state index is 13.2. The van der Waals surface area contributed by atoms with Crippen molar-refractivity contribution in [1.29, 1.82) is 0 Å². The fourth-order valence-electron chi connectivity index (χ4n) is 11.3. The third kappa shape index (κ3) is 53.4. The third-order valence-corrected chi connectivity index (χ3v) is 16.8. The fourth-order valence-corrected chi connectivity index (χ4v) is 11.3. The van der Waals surface area contributed by atoms with E-state index in [-0.39, 0.29) is 32.7 Å². The van der Waals surface area contributed by atoms with Gasteiger partial charge in [-0.25, -0.2) is 0 Å². The zero-order chi connectivity index (χ0) is 63.4. The summed E-state index contributed by atoms with van der Waals surface area (Å²) in [6, 6.07) is 0. The Kier molecular flexibility index (Phi) is 60.9. The molecule has 0 saturated carbocycles. The van der Waals surface area contributed by atoms with Crippen molar-refractivity contribution in [3.63, 3.8) is 0 Å². The first-order valence-electron chi connectivity index (χ1n) is 36.1. The summed E-state index contributed by atoms with van der Waals surface area (Å²) in [6.45, 7) is 11.3. The number of nitrogens with one attached hydrogen (secondary N) is 4. The zero-order valence-corrected chi connectivity index (χ0v) is 56.1. The van der Waals surface area contributed by atoms with E-state index < -0.39 is 60.8 Å². The highest BCUT2D eigenvalue weighted by Crippen LogP contribution is 2.15. The number of hydrogen-bond donors (Lipinski definition) is 10. The Morgan fingerprint density at radius 3 is 0.651 bits per heavy atom. The highest BCUT2D eigenvalue weighted by Gasteiger charge is 2.26. The summed E-state index contributed by atoms with van der Waals surface area (Å²) in [4.78, 5) is 58.2. The van der Waals surface area contributed by atoms with Gasteiger partial charge in [0.15, 0.2) is 0 Å². The molecule has 0 aliphatic heterocycles. The largest absolute Gasteiger partial charge is 0.394 e. The lowest BCUT2D eigenvalue weighted by Crippen LogP contribution is -2.49. The van der Waals surface area contributed by atoms with Gasteiger partial charge in [0, 0.05) is 58.9 Å². The van der Waals surface area contributed by atoms with E-state index in [0.29, 0.717) is 65.2 Å². The van der Waals surface area contributed by atoms with E-state index in [1.54, 1.807) is 9.80 Å². The van der Waals surface area contributed by atoms with Crippen molar-refractivity contribution in [2.24, 2.45) is 0 Å². The lowest BCUT2D eigenvalue weighted by atomic mass is 10.1. The summed E-state index contributed by atoms with van der Waals surface area (Å²) in [5.41, 5.74) is 0. The van der Waals surface area contributed by atoms with Crippen molar-refractivity contribution in [1.82, 2.24) is 36.0 Å². The SMILES string of the molecule is CCCCCCCCCCCCNC(=O)C(O)CN(CCCN(CCCN(CC(O)C(=O)NCCCCCCCCCCCC)CC(O)C(=O)NCCCCCCCCCCCC)CC(O)CO)CC(O)C(=O)NCCCCCCCCCCCC. The van der Waals surface area contributed by atoms with Gasteiger partial charge in [0.2, 0.25) is 23.6 Å². The maximum absolute atomic E-state index is 13.2. The second-order valence-electron chi connectivity index (χ2n) is 25.3. The number of carbonyl (C=O) groups excluding carboxylic acids is 4. The van der Waals surface area contributed by atoms with Crippen LogP contribution in [0.15, 0.2) is 0 Å². The summed E-state index contributed by atoms with van der Waals surface area (Å²) >= 11 is 0. The van der Waals surface area contributed by atoms with Crippen LogP contribution >= 0.6 is 0 Å². The first-order valence-corrected chi connectivity index (χ1v) is 36.1. The molecular formula is C69H139N7O10. The molecule has 86 heavy (non-hydrogen) atoms. The molecule has 10 N–H and O–H groups in total. The lowest BCUT2D eigenvalue weighted by Gasteiger charge is -2.30. The molecule has 0 aromatic rings. The third-order valence-electron chi connectivity index (χ3n) is 16.8. The molecule has 4 amide bonds. The molecule has 0 aliphatic rings. The summed E-state index contributed by atoms with van der Waals surface area (Å²) < 4.78 is 0. The average Bonchev–Trinajstić information content (AvgIpc) is 3.70. The summed E-state index contributed by atoms with van der Waals surface area (Å²) in [5.74, 6) is -2.01. The number of carbonyl (C=O) groups is 4. The molecule has 0 aromatic carbocycles. The predicted molar refractivity (Wildman–Crippen MR) is 355 cm³/mol. The van der Waals surface area contributed by atoms with Gasteiger partial charge in [0.05, 0.1) is 12.7 Å². The molecule has 17 nitrogen and oxygen atoms in total. The number of amides is 4. The minimum Gasteiger partial charge on any atom is -0.394 e. The van der Waals surface area contributed by atoms with Gasteiger partial charge >= 0.3 is 0 Å². The average molecular weight is 1230 g/mol. The van der Waals surface area contributed by atoms with E-state index in [0.717, 1.165) is 77.0 Å². The molecule has 0 saturated heterocycles. The van der Waals surface area contributed by atoms with Crippen LogP contribution in [0.3, 0.4) is 0 Å². The first kappa shape index (κ1) is 83.5. The van der Waals surface area contributed by atoms with Crippen molar-refractivity contribution in [3.05, 3.63) is 0 Å². The van der Waals surface area contributed by atoms with Crippen molar-refractivity contribution in [2.75, 3.05) is 91.7 Å². The zero-order valence-electron chi connectivity index (χ0n) is 56.1. The van der Waals surface area contributed by atoms with E-state index in [4.69, 9.17) is 0 Å². The first-order chi connectivity index (χ1) is 41.8. The van der Waals surface area contributed by atoms with Crippen LogP contribution < -0.4 is 21.3 Å². The molecule has 0 bridgehead atoms. The Morgan fingerprint density at radius 1 is 0.267 bits per heavy atom. The topological polar surface area (TPSA) is 247 Å². The Labute approximate surface area is 526 Å². The van der Waals surface area contributed by atoms with Crippen LogP contribution in [-0.4, -0.2) is 191 Å². The number of nitrogens with zero attached hydrogens (tertiary/aromatic N) is 3. The number of rotatable bonds is 67. The predicted octanol–water partition coefficient (Wildman–Crippen LogP) is 10.6. The minimum absolute atomic E-state index is 0.106. The van der Waals surface area contributed by atoms with Gasteiger partial charge in [0.25, 0.3) is 0 Å². The number of unbranched alkanes of at least 4 members (excludes halogenated alkanes) is 36. The van der Waals surface area contributed by atoms with Crippen LogP contribution in [0.2, 0.25) is 0 Å². The molecule has 5 atom stereocenters. The van der Waals surface area contributed by atoms with Gasteiger partial charge < -0.3 is 56.8 Å². The molecule has 0 radical (unpaired) electrons. The smallest absolute Gasteiger partial charge is 0.250 e. The molecule has 5 unspecified atom stereocenters. The second kappa shape index (κ2) is 62.7. The Morgan fingerprint density at radius 2 is 0.453 bits per heavy atom. The summed E-state index contributed by atoms with van der Waals surface area (Å²) in [7, 11) is 0. The van der Waals surface area contributed by atoms with Crippen molar-refractivity contribution < 1.29 is 49.8 Å². The normalized spacial score (nSPS) is 13.5. The Bertz CT molecular complexity index is 1330. The quantitative estimate of drug-likeness (QED) is 0.0255. The Balaban J connectivity index is 5.79. The van der Waals surface area contributed by atoms with Crippen LogP contribution in [0.4, 0.5) is 0 Å². The lowest BCUT2D eigenvalue weighted by molar-refractivity contribution is -0.133. The van der Waals surface area contributed by atoms with Crippen molar-refractivity contribution >= 4 is 23.6 Å². The van der Waals surface area contributed by atoms with Crippen LogP contribution in [0.5, 0.6) is 0 Å². The molecule has 0 aromatic heterocycles. The second-order valence-corrected chi connectivity index (χ2v) is 25.3. The molecule has 0 spiro atoms. The van der Waals surface area contributed by atoms with Gasteiger partial charge in [-0.15, -0.1) is 0 Å². The molecule has 0 heterocycles. The van der Waals surface area contributed by atoms with Crippen LogP contribution in [-0.2, 0) is 19.2 Å². The van der Waals surface area contributed by atoms with Crippen LogP contribution in [0.1, 0.15) is 297 Å². The Hall–Kier alpha value is -2.48.